The summed E-state index contributed by atoms with van der Waals surface area (Å²) < 4.78 is 0. The number of hydrogen-bond acceptors (Lipinski definition) is 5. The molecule has 0 amide bonds. The molecule has 76 valence electrons. The van der Waals surface area contributed by atoms with Gasteiger partial charge in [0.05, 0.1) is 11.7 Å². The van der Waals surface area contributed by atoms with Crippen molar-refractivity contribution in [1.82, 2.24) is 5.32 Å². The molecule has 9 N–H and O–H groups in total. The van der Waals surface area contributed by atoms with Gasteiger partial charge in [-0.15, -0.1) is 0 Å². The van der Waals surface area contributed by atoms with E-state index in [1.165, 1.54) is 0 Å². The Hall–Kier alpha value is -1.18. The second-order valence-corrected chi connectivity index (χ2v) is 2.66. The second kappa shape index (κ2) is 5.46. The minimum absolute atomic E-state index is 0.0744. The van der Waals surface area contributed by atoms with E-state index in [9.17, 15) is 0 Å². The topological polar surface area (TPSA) is 152 Å². The van der Waals surface area contributed by atoms with Gasteiger partial charge in [0.25, 0.3) is 0 Å². The summed E-state index contributed by atoms with van der Waals surface area (Å²) in [6, 6.07) is 0. The molecule has 0 aromatic carbocycles. The molecule has 0 radical (unpaired) electrons. The zero-order valence-corrected chi connectivity index (χ0v) is 7.12. The highest BCUT2D eigenvalue weighted by molar-refractivity contribution is 5.77. The van der Waals surface area contributed by atoms with Crippen molar-refractivity contribution in [3.8, 4) is 0 Å². The number of nitrogens with two attached hydrogens (primary N) is 2. The molecule has 7 heteroatoms. The minimum atomic E-state index is -1.09. The molecule has 0 rings (SSSR count). The highest BCUT2D eigenvalue weighted by Gasteiger charge is 2.11. The van der Waals surface area contributed by atoms with Crippen LogP contribution in [0.1, 0.15) is 12.8 Å². The van der Waals surface area contributed by atoms with E-state index in [1.807, 2.05) is 0 Å². The van der Waals surface area contributed by atoms with Crippen molar-refractivity contribution in [2.75, 3.05) is 0 Å². The molecule has 0 heterocycles. The lowest BCUT2D eigenvalue weighted by Gasteiger charge is -2.16. The third-order valence-electron chi connectivity index (χ3n) is 1.21. The fourth-order valence-electron chi connectivity index (χ4n) is 0.757. The third-order valence-corrected chi connectivity index (χ3v) is 1.21. The maximum atomic E-state index is 9.10. The first-order chi connectivity index (χ1) is 5.91. The second-order valence-electron chi connectivity index (χ2n) is 2.66. The molecule has 2 atom stereocenters. The van der Waals surface area contributed by atoms with Gasteiger partial charge in [-0.25, -0.2) is 0 Å². The van der Waals surface area contributed by atoms with Gasteiger partial charge in [-0.1, -0.05) is 0 Å². The Morgan fingerprint density at radius 3 is 1.62 bits per heavy atom. The standard InChI is InChI=1S/C6H15N5O2/c7-3(8)1-5(12)11-6(13)2-4(9)10/h5-6,11-13H,1-2H2,(H3,7,8)(H3,9,10). The highest BCUT2D eigenvalue weighted by Crippen LogP contribution is 1.91. The molecule has 0 aromatic heterocycles. The summed E-state index contributed by atoms with van der Waals surface area (Å²) in [5.41, 5.74) is 10.0. The fraction of sp³-hybridized carbons (Fsp3) is 0.667. The van der Waals surface area contributed by atoms with Crippen LogP contribution in [0.2, 0.25) is 0 Å². The maximum Gasteiger partial charge on any atom is 0.113 e. The van der Waals surface area contributed by atoms with Crippen LogP contribution >= 0.6 is 0 Å². The first kappa shape index (κ1) is 11.8. The first-order valence-electron chi connectivity index (χ1n) is 3.69. The van der Waals surface area contributed by atoms with Gasteiger partial charge in [-0.05, 0) is 0 Å². The molecule has 0 aliphatic carbocycles. The van der Waals surface area contributed by atoms with Gasteiger partial charge < -0.3 is 21.7 Å². The number of amidine groups is 2. The van der Waals surface area contributed by atoms with Gasteiger partial charge in [-0.2, -0.15) is 0 Å². The van der Waals surface area contributed by atoms with Gasteiger partial charge in [0.1, 0.15) is 12.5 Å². The van der Waals surface area contributed by atoms with Crippen LogP contribution < -0.4 is 16.8 Å². The molecule has 7 nitrogen and oxygen atoms in total. The molecular formula is C6H15N5O2. The molecule has 0 aliphatic heterocycles. The van der Waals surface area contributed by atoms with E-state index >= 15 is 0 Å². The molecular weight excluding hydrogens is 174 g/mol. The molecule has 0 spiro atoms. The molecule has 2 unspecified atom stereocenters. The predicted molar refractivity (Wildman–Crippen MR) is 48.2 cm³/mol. The Bertz CT molecular complexity index is 175. The summed E-state index contributed by atoms with van der Waals surface area (Å²) in [5.74, 6) is -0.370. The van der Waals surface area contributed by atoms with E-state index in [2.05, 4.69) is 5.32 Å². The predicted octanol–water partition coefficient (Wildman–Crippen LogP) is -2.14. The zero-order valence-electron chi connectivity index (χ0n) is 7.12. The molecule has 0 fully saturated rings. The van der Waals surface area contributed by atoms with E-state index in [1.54, 1.807) is 0 Å². The van der Waals surface area contributed by atoms with Gasteiger partial charge in [0.2, 0.25) is 0 Å². The normalized spacial score (nSPS) is 14.9. The molecule has 0 bridgehead atoms. The quantitative estimate of drug-likeness (QED) is 0.144. The van der Waals surface area contributed by atoms with Gasteiger partial charge in [-0.3, -0.25) is 16.1 Å². The van der Waals surface area contributed by atoms with Crippen LogP contribution in [0.25, 0.3) is 0 Å². The van der Waals surface area contributed by atoms with Crippen molar-refractivity contribution in [3.63, 3.8) is 0 Å². The van der Waals surface area contributed by atoms with E-state index < -0.39 is 12.5 Å². The summed E-state index contributed by atoms with van der Waals surface area (Å²) in [4.78, 5) is 0. The Morgan fingerprint density at radius 2 is 1.38 bits per heavy atom. The van der Waals surface area contributed by atoms with Crippen molar-refractivity contribution in [1.29, 1.82) is 10.8 Å². The van der Waals surface area contributed by atoms with Crippen LogP contribution in [0.3, 0.4) is 0 Å². The summed E-state index contributed by atoms with van der Waals surface area (Å²) in [5, 5.41) is 34.2. The maximum absolute atomic E-state index is 9.10. The van der Waals surface area contributed by atoms with E-state index in [4.69, 9.17) is 32.5 Å². The summed E-state index contributed by atoms with van der Waals surface area (Å²) >= 11 is 0. The summed E-state index contributed by atoms with van der Waals surface area (Å²) in [7, 11) is 0. The first-order valence-corrected chi connectivity index (χ1v) is 3.69. The third kappa shape index (κ3) is 7.19. The largest absolute Gasteiger partial charge is 0.388 e. The molecule has 0 saturated heterocycles. The van der Waals surface area contributed by atoms with E-state index in [0.29, 0.717) is 0 Å². The summed E-state index contributed by atoms with van der Waals surface area (Å²) in [6.45, 7) is 0. The number of hydrogen-bond donors (Lipinski definition) is 7. The molecule has 0 aromatic rings. The average Bonchev–Trinajstić information content (AvgIpc) is 1.80. The number of nitrogens with one attached hydrogen (secondary N) is 3. The Morgan fingerprint density at radius 1 is 1.08 bits per heavy atom. The van der Waals surface area contributed by atoms with Gasteiger partial charge in [0, 0.05) is 12.8 Å². The number of aliphatic hydroxyl groups excluding tert-OH is 2. The molecule has 0 saturated carbocycles. The smallest absolute Gasteiger partial charge is 0.113 e. The highest BCUT2D eigenvalue weighted by atomic mass is 16.3. The lowest BCUT2D eigenvalue weighted by Crippen LogP contribution is -2.42. The lowest BCUT2D eigenvalue weighted by molar-refractivity contribution is 0.0501. The lowest BCUT2D eigenvalue weighted by atomic mass is 10.3. The van der Waals surface area contributed by atoms with Crippen LogP contribution in [-0.2, 0) is 0 Å². The van der Waals surface area contributed by atoms with Gasteiger partial charge in [0.15, 0.2) is 0 Å². The number of aliphatic hydroxyl groups is 2. The monoisotopic (exact) mass is 189 g/mol. The fourth-order valence-corrected chi connectivity index (χ4v) is 0.757. The van der Waals surface area contributed by atoms with Crippen molar-refractivity contribution in [3.05, 3.63) is 0 Å². The van der Waals surface area contributed by atoms with Crippen LogP contribution in [0, 0.1) is 10.8 Å². The van der Waals surface area contributed by atoms with Gasteiger partial charge >= 0.3 is 0 Å². The van der Waals surface area contributed by atoms with Crippen molar-refractivity contribution in [2.45, 2.75) is 25.3 Å². The van der Waals surface area contributed by atoms with Crippen LogP contribution in [0.4, 0.5) is 0 Å². The Balaban J connectivity index is 3.70. The summed E-state index contributed by atoms with van der Waals surface area (Å²) in [6.07, 6.45) is -2.33. The Labute approximate surface area is 75.8 Å². The van der Waals surface area contributed by atoms with Crippen LogP contribution in [0.15, 0.2) is 0 Å². The Kier molecular flexibility index (Phi) is 4.97. The molecule has 13 heavy (non-hydrogen) atoms. The van der Waals surface area contributed by atoms with Crippen molar-refractivity contribution in [2.24, 2.45) is 11.5 Å². The SMILES string of the molecule is N=C(N)CC(O)NC(O)CC(=N)N. The van der Waals surface area contributed by atoms with Crippen molar-refractivity contribution < 1.29 is 10.2 Å². The average molecular weight is 189 g/mol. The van der Waals surface area contributed by atoms with Crippen molar-refractivity contribution >= 4 is 11.7 Å². The number of rotatable bonds is 6. The van der Waals surface area contributed by atoms with E-state index in [0.717, 1.165) is 0 Å². The minimum Gasteiger partial charge on any atom is -0.388 e. The zero-order chi connectivity index (χ0) is 10.4. The molecule has 0 aliphatic rings. The van der Waals surface area contributed by atoms with E-state index in [-0.39, 0.29) is 24.5 Å². The van der Waals surface area contributed by atoms with Crippen LogP contribution in [-0.4, -0.2) is 34.3 Å². The van der Waals surface area contributed by atoms with Crippen LogP contribution in [0.5, 0.6) is 0 Å².